The Kier molecular flexibility index (Phi) is 8.71. The Morgan fingerprint density at radius 3 is 2.83 bits per heavy atom. The lowest BCUT2D eigenvalue weighted by Crippen LogP contribution is -2.30. The number of carbonyl (C=O) groups excluding carboxylic acids is 1. The van der Waals surface area contributed by atoms with E-state index in [1.165, 1.54) is 17.1 Å². The summed E-state index contributed by atoms with van der Waals surface area (Å²) in [7, 11) is 0. The van der Waals surface area contributed by atoms with E-state index >= 15 is 0 Å². The van der Waals surface area contributed by atoms with E-state index in [0.29, 0.717) is 17.7 Å². The molecule has 0 bridgehead atoms. The molecule has 2 amide bonds. The van der Waals surface area contributed by atoms with Crippen LogP contribution in [0.4, 0.5) is 10.5 Å². The fourth-order valence-electron chi connectivity index (χ4n) is 2.21. The van der Waals surface area contributed by atoms with Crippen molar-refractivity contribution in [3.63, 3.8) is 0 Å². The van der Waals surface area contributed by atoms with Crippen molar-refractivity contribution >= 4 is 35.2 Å². The topological polar surface area (TPSA) is 50.4 Å². The smallest absolute Gasteiger partial charge is 0.319 e. The van der Waals surface area contributed by atoms with Gasteiger partial charge in [-0.15, -0.1) is 23.5 Å². The number of rotatable bonds is 9. The molecule has 1 fully saturated rings. The minimum atomic E-state index is -0.151. The molecule has 0 radical (unpaired) electrons. The van der Waals surface area contributed by atoms with Crippen molar-refractivity contribution in [2.45, 2.75) is 30.8 Å². The summed E-state index contributed by atoms with van der Waals surface area (Å²) in [4.78, 5) is 11.9. The van der Waals surface area contributed by atoms with E-state index < -0.39 is 0 Å². The number of benzene rings is 1. The number of thioether (sulfide) groups is 2. The lowest BCUT2D eigenvalue weighted by atomic mass is 10.2. The monoisotopic (exact) mass is 354 g/mol. The van der Waals surface area contributed by atoms with Gasteiger partial charge in [0.05, 0.1) is 4.58 Å². The molecule has 6 heteroatoms. The average molecular weight is 355 g/mol. The molecule has 1 heterocycles. The summed E-state index contributed by atoms with van der Waals surface area (Å²) in [6, 6.07) is 7.99. The summed E-state index contributed by atoms with van der Waals surface area (Å²) < 4.78 is 5.97. The van der Waals surface area contributed by atoms with Crippen molar-refractivity contribution in [2.24, 2.45) is 0 Å². The summed E-state index contributed by atoms with van der Waals surface area (Å²) >= 11 is 3.94. The van der Waals surface area contributed by atoms with Crippen LogP contribution in [0.5, 0.6) is 0 Å². The van der Waals surface area contributed by atoms with Gasteiger partial charge in [0.1, 0.15) is 0 Å². The van der Waals surface area contributed by atoms with Crippen molar-refractivity contribution in [3.05, 3.63) is 29.8 Å². The second-order valence-corrected chi connectivity index (χ2v) is 8.12. The van der Waals surface area contributed by atoms with E-state index in [-0.39, 0.29) is 6.03 Å². The Balaban J connectivity index is 1.65. The Morgan fingerprint density at radius 2 is 2.04 bits per heavy atom. The molecule has 0 aromatic heterocycles. The minimum absolute atomic E-state index is 0.151. The number of urea groups is 1. The molecule has 0 aliphatic carbocycles. The zero-order chi connectivity index (χ0) is 16.3. The Bertz CT molecular complexity index is 479. The first-order chi connectivity index (χ1) is 11.3. The maximum absolute atomic E-state index is 11.9. The van der Waals surface area contributed by atoms with Gasteiger partial charge in [-0.25, -0.2) is 4.79 Å². The number of unbranched alkanes of at least 4 members (excludes halogenated alkanes) is 1. The standard InChI is InChI=1S/C17H26N2O2S2/c1-2-3-9-21-10-5-8-18-17(20)19-15-7-4-6-14(13-15)16-22-11-12-23-16/h4,6-7,13,16H,2-3,5,8-12H2,1H3,(H2,18,19,20). The van der Waals surface area contributed by atoms with Crippen LogP contribution in [0.1, 0.15) is 36.3 Å². The molecule has 0 unspecified atom stereocenters. The molecule has 1 aromatic rings. The van der Waals surface area contributed by atoms with Crippen LogP contribution in [0.3, 0.4) is 0 Å². The van der Waals surface area contributed by atoms with Crippen molar-refractivity contribution < 1.29 is 9.53 Å². The number of amides is 2. The predicted molar refractivity (Wildman–Crippen MR) is 101 cm³/mol. The molecule has 2 rings (SSSR count). The van der Waals surface area contributed by atoms with E-state index in [0.717, 1.165) is 31.6 Å². The van der Waals surface area contributed by atoms with Crippen LogP contribution in [-0.4, -0.2) is 37.3 Å². The van der Waals surface area contributed by atoms with Gasteiger partial charge in [0.15, 0.2) is 0 Å². The Hall–Kier alpha value is -0.850. The third kappa shape index (κ3) is 7.06. The third-order valence-corrected chi connectivity index (χ3v) is 6.54. The molecule has 1 aliphatic rings. The van der Waals surface area contributed by atoms with Crippen LogP contribution in [0.15, 0.2) is 24.3 Å². The highest BCUT2D eigenvalue weighted by Crippen LogP contribution is 2.45. The van der Waals surface area contributed by atoms with Crippen molar-refractivity contribution in [1.29, 1.82) is 0 Å². The quantitative estimate of drug-likeness (QED) is 0.641. The van der Waals surface area contributed by atoms with E-state index in [4.69, 9.17) is 4.74 Å². The van der Waals surface area contributed by atoms with Crippen LogP contribution >= 0.6 is 23.5 Å². The molecule has 2 N–H and O–H groups in total. The lowest BCUT2D eigenvalue weighted by Gasteiger charge is -2.12. The number of anilines is 1. The number of hydrogen-bond acceptors (Lipinski definition) is 4. The third-order valence-electron chi connectivity index (χ3n) is 3.43. The van der Waals surface area contributed by atoms with Gasteiger partial charge in [0.25, 0.3) is 0 Å². The minimum Gasteiger partial charge on any atom is -0.381 e. The van der Waals surface area contributed by atoms with Gasteiger partial charge in [-0.2, -0.15) is 0 Å². The van der Waals surface area contributed by atoms with Crippen molar-refractivity contribution in [2.75, 3.05) is 36.6 Å². The molecular weight excluding hydrogens is 328 g/mol. The highest BCUT2D eigenvalue weighted by atomic mass is 32.2. The molecule has 1 aliphatic heterocycles. The molecule has 0 atom stereocenters. The largest absolute Gasteiger partial charge is 0.381 e. The van der Waals surface area contributed by atoms with E-state index in [1.54, 1.807) is 0 Å². The van der Waals surface area contributed by atoms with Gasteiger partial charge in [0.2, 0.25) is 0 Å². The summed E-state index contributed by atoms with van der Waals surface area (Å²) in [6.45, 7) is 4.29. The SMILES string of the molecule is CCCCOCCCNC(=O)Nc1cccc(C2SCCS2)c1. The summed E-state index contributed by atoms with van der Waals surface area (Å²) in [5, 5.41) is 5.78. The maximum Gasteiger partial charge on any atom is 0.319 e. The first kappa shape index (κ1) is 18.5. The van der Waals surface area contributed by atoms with Gasteiger partial charge in [0, 0.05) is 37.0 Å². The molecule has 4 nitrogen and oxygen atoms in total. The Morgan fingerprint density at radius 1 is 1.26 bits per heavy atom. The molecule has 1 saturated heterocycles. The van der Waals surface area contributed by atoms with Gasteiger partial charge in [-0.05, 0) is 30.5 Å². The second kappa shape index (κ2) is 10.8. The van der Waals surface area contributed by atoms with Gasteiger partial charge < -0.3 is 15.4 Å². The highest BCUT2D eigenvalue weighted by molar-refractivity contribution is 8.19. The van der Waals surface area contributed by atoms with E-state index in [9.17, 15) is 4.79 Å². The van der Waals surface area contributed by atoms with Crippen molar-refractivity contribution in [1.82, 2.24) is 5.32 Å². The number of carbonyl (C=O) groups is 1. The molecule has 128 valence electrons. The zero-order valence-electron chi connectivity index (χ0n) is 13.7. The zero-order valence-corrected chi connectivity index (χ0v) is 15.3. The van der Waals surface area contributed by atoms with Crippen LogP contribution in [-0.2, 0) is 4.74 Å². The number of nitrogens with one attached hydrogen (secondary N) is 2. The summed E-state index contributed by atoms with van der Waals surface area (Å²) in [5.41, 5.74) is 2.13. The molecule has 23 heavy (non-hydrogen) atoms. The van der Waals surface area contributed by atoms with E-state index in [1.807, 2.05) is 35.7 Å². The van der Waals surface area contributed by atoms with Gasteiger partial charge in [-0.3, -0.25) is 0 Å². The Labute approximate surface area is 147 Å². The van der Waals surface area contributed by atoms with Crippen LogP contribution < -0.4 is 10.6 Å². The fourth-order valence-corrected chi connectivity index (χ4v) is 5.05. The molecule has 0 spiro atoms. The normalized spacial score (nSPS) is 14.8. The molecule has 1 aromatic carbocycles. The lowest BCUT2D eigenvalue weighted by molar-refractivity contribution is 0.129. The summed E-state index contributed by atoms with van der Waals surface area (Å²) in [5.74, 6) is 2.40. The van der Waals surface area contributed by atoms with Crippen LogP contribution in [0, 0.1) is 0 Å². The van der Waals surface area contributed by atoms with Gasteiger partial charge in [-0.1, -0.05) is 25.5 Å². The first-order valence-electron chi connectivity index (χ1n) is 8.25. The summed E-state index contributed by atoms with van der Waals surface area (Å²) in [6.07, 6.45) is 3.09. The van der Waals surface area contributed by atoms with Crippen LogP contribution in [0.25, 0.3) is 0 Å². The van der Waals surface area contributed by atoms with Crippen molar-refractivity contribution in [3.8, 4) is 0 Å². The van der Waals surface area contributed by atoms with Crippen LogP contribution in [0.2, 0.25) is 0 Å². The van der Waals surface area contributed by atoms with E-state index in [2.05, 4.69) is 29.7 Å². The average Bonchev–Trinajstić information content (AvgIpc) is 3.09. The second-order valence-electron chi connectivity index (χ2n) is 5.40. The molecular formula is C17H26N2O2S2. The maximum atomic E-state index is 11.9. The number of hydrogen-bond donors (Lipinski definition) is 2. The number of ether oxygens (including phenoxy) is 1. The fraction of sp³-hybridized carbons (Fsp3) is 0.588. The highest BCUT2D eigenvalue weighted by Gasteiger charge is 2.18. The molecule has 0 saturated carbocycles. The predicted octanol–water partition coefficient (Wildman–Crippen LogP) is 4.49. The van der Waals surface area contributed by atoms with Gasteiger partial charge >= 0.3 is 6.03 Å². The first-order valence-corrected chi connectivity index (χ1v) is 10.3.